The van der Waals surface area contributed by atoms with E-state index < -0.39 is 12.2 Å². The van der Waals surface area contributed by atoms with E-state index >= 15 is 0 Å². The molecule has 0 aliphatic carbocycles. The first kappa shape index (κ1) is 47.0. The number of aliphatic hydroxyl groups excluding tert-OH is 1. The quantitative estimate of drug-likeness (QED) is 0.0521. The number of phenols is 1. The highest BCUT2D eigenvalue weighted by molar-refractivity contribution is 5.93. The van der Waals surface area contributed by atoms with Crippen LogP contribution in [-0.2, 0) is 33.7 Å². The van der Waals surface area contributed by atoms with Gasteiger partial charge < -0.3 is 45.1 Å². The normalized spacial score (nSPS) is 14.0. The zero-order valence-electron chi connectivity index (χ0n) is 37.6. The van der Waals surface area contributed by atoms with Crippen molar-refractivity contribution in [2.24, 2.45) is 0 Å². The van der Waals surface area contributed by atoms with E-state index in [4.69, 9.17) is 9.47 Å². The zero-order chi connectivity index (χ0) is 46.6. The number of aromatic amines is 1. The number of likely N-dealkylation sites (tertiary alicyclic amines) is 1. The molecule has 1 unspecified atom stereocenters. The molecule has 14 heteroatoms. The Hall–Kier alpha value is -7.00. The number of aromatic hydroxyl groups is 1. The highest BCUT2D eigenvalue weighted by atomic mass is 16.6. The van der Waals surface area contributed by atoms with Crippen LogP contribution in [0.25, 0.3) is 22.0 Å². The minimum Gasteiger partial charge on any atom is -0.506 e. The summed E-state index contributed by atoms with van der Waals surface area (Å²) in [4.78, 5) is 57.4. The van der Waals surface area contributed by atoms with Crippen LogP contribution in [0.1, 0.15) is 54.5 Å². The van der Waals surface area contributed by atoms with Crippen LogP contribution in [-0.4, -0.2) is 90.5 Å². The number of nitrogens with one attached hydrogen (secondary N) is 4. The number of H-pyrrole nitrogens is 1. The number of carbonyl (C=O) groups excluding carboxylic acids is 3. The minimum atomic E-state index is -0.898. The molecule has 0 bridgehead atoms. The molecule has 6 aromatic rings. The van der Waals surface area contributed by atoms with Crippen LogP contribution in [0, 0.1) is 0 Å². The van der Waals surface area contributed by atoms with Crippen molar-refractivity contribution in [3.8, 4) is 22.6 Å². The topological polar surface area (TPSA) is 186 Å². The SMILES string of the molecule is COc1ccc(CC(=O)NCc2ccc(N(C)C(=O)CCN3CCC(OC(=O)Nc4ccccc4-c4ccccc4)CC3)cc2)cc1CC(C)NC[C@H](O)c1ccc(O)c2[nH]c(=O)ccc12. The molecule has 0 saturated carbocycles. The summed E-state index contributed by atoms with van der Waals surface area (Å²) in [7, 11) is 3.37. The van der Waals surface area contributed by atoms with Gasteiger partial charge in [-0.05, 0) is 90.4 Å². The Labute approximate surface area is 384 Å². The number of nitrogens with zero attached hydrogens (tertiary/aromatic N) is 2. The molecule has 1 saturated heterocycles. The van der Waals surface area contributed by atoms with Crippen molar-refractivity contribution < 1.29 is 34.1 Å². The number of phenolic OH excluding ortho intramolecular Hbond substituents is 1. The summed E-state index contributed by atoms with van der Waals surface area (Å²) in [6.07, 6.45) is 0.912. The smallest absolute Gasteiger partial charge is 0.411 e. The van der Waals surface area contributed by atoms with Gasteiger partial charge in [0.15, 0.2) is 0 Å². The molecular formula is C52H58N6O8. The Morgan fingerprint density at radius 1 is 0.894 bits per heavy atom. The first-order chi connectivity index (χ1) is 31.9. The molecule has 6 N–H and O–H groups in total. The Morgan fingerprint density at radius 3 is 2.38 bits per heavy atom. The lowest BCUT2D eigenvalue weighted by molar-refractivity contribution is -0.120. The van der Waals surface area contributed by atoms with Gasteiger partial charge in [0.05, 0.1) is 30.8 Å². The van der Waals surface area contributed by atoms with Gasteiger partial charge in [-0.3, -0.25) is 19.7 Å². The predicted molar refractivity (Wildman–Crippen MR) is 257 cm³/mol. The molecule has 1 fully saturated rings. The van der Waals surface area contributed by atoms with Crippen LogP contribution >= 0.6 is 0 Å². The number of ether oxygens (including phenoxy) is 2. The van der Waals surface area contributed by atoms with Gasteiger partial charge in [0.1, 0.15) is 17.6 Å². The molecule has 1 aromatic heterocycles. The molecule has 3 amide bonds. The molecule has 1 aliphatic rings. The zero-order valence-corrected chi connectivity index (χ0v) is 37.6. The van der Waals surface area contributed by atoms with Crippen LogP contribution in [0.15, 0.2) is 126 Å². The van der Waals surface area contributed by atoms with E-state index in [2.05, 4.69) is 25.8 Å². The van der Waals surface area contributed by atoms with Crippen LogP contribution in [0.5, 0.6) is 11.5 Å². The molecular weight excluding hydrogens is 837 g/mol. The minimum absolute atomic E-state index is 0.00473. The Bertz CT molecular complexity index is 2660. The molecule has 66 heavy (non-hydrogen) atoms. The summed E-state index contributed by atoms with van der Waals surface area (Å²) in [5, 5.41) is 31.1. The van der Waals surface area contributed by atoms with Gasteiger partial charge in [0, 0.05) is 74.9 Å². The lowest BCUT2D eigenvalue weighted by Gasteiger charge is -2.31. The lowest BCUT2D eigenvalue weighted by atomic mass is 10.00. The third-order valence-corrected chi connectivity index (χ3v) is 12.0. The maximum absolute atomic E-state index is 13.2. The molecule has 2 heterocycles. The number of aliphatic hydroxyl groups is 1. The molecule has 5 aromatic carbocycles. The summed E-state index contributed by atoms with van der Waals surface area (Å²) in [5.74, 6) is 0.488. The van der Waals surface area contributed by atoms with Crippen molar-refractivity contribution >= 4 is 40.2 Å². The lowest BCUT2D eigenvalue weighted by Crippen LogP contribution is -2.40. The van der Waals surface area contributed by atoms with Gasteiger partial charge in [-0.2, -0.15) is 0 Å². The number of para-hydroxylation sites is 1. The number of hydrogen-bond donors (Lipinski definition) is 6. The standard InChI is InChI=1S/C52H58N6O8/c1-34(53-33-46(60)42-18-20-45(59)51-43(42)19-22-48(61)56-51)29-38-30-36(15-21-47(38)65-3)31-49(62)54-32-35-13-16-39(17-14-35)57(2)50(63)25-28-58-26-23-40(24-27-58)66-52(64)55-44-12-8-7-11-41(44)37-9-5-4-6-10-37/h4-22,30,34,40,46,53,59-60H,23-29,31-33H2,1-3H3,(H,54,62)(H,55,64)(H,56,61)/t34?,46-/m0/s1. The number of hydrogen-bond acceptors (Lipinski definition) is 10. The summed E-state index contributed by atoms with van der Waals surface area (Å²) >= 11 is 0. The van der Waals surface area contributed by atoms with Crippen LogP contribution < -0.4 is 31.1 Å². The predicted octanol–water partition coefficient (Wildman–Crippen LogP) is 7.09. The highest BCUT2D eigenvalue weighted by Crippen LogP contribution is 2.30. The van der Waals surface area contributed by atoms with E-state index in [1.807, 2.05) is 104 Å². The van der Waals surface area contributed by atoms with Crippen molar-refractivity contribution in [3.05, 3.63) is 154 Å². The Kier molecular flexibility index (Phi) is 15.8. The molecule has 14 nitrogen and oxygen atoms in total. The summed E-state index contributed by atoms with van der Waals surface area (Å²) in [6, 6.07) is 36.8. The average molecular weight is 895 g/mol. The van der Waals surface area contributed by atoms with Gasteiger partial charge in [-0.1, -0.05) is 78.9 Å². The van der Waals surface area contributed by atoms with E-state index in [1.165, 1.54) is 12.1 Å². The Balaban J connectivity index is 0.812. The Morgan fingerprint density at radius 2 is 1.62 bits per heavy atom. The van der Waals surface area contributed by atoms with Crippen molar-refractivity contribution in [1.29, 1.82) is 0 Å². The number of amides is 3. The molecule has 0 spiro atoms. The second-order valence-corrected chi connectivity index (χ2v) is 16.8. The third kappa shape index (κ3) is 12.4. The number of benzene rings is 5. The number of piperidine rings is 1. The number of anilines is 2. The fourth-order valence-corrected chi connectivity index (χ4v) is 8.33. The van der Waals surface area contributed by atoms with Crippen molar-refractivity contribution in [3.63, 3.8) is 0 Å². The van der Waals surface area contributed by atoms with Gasteiger partial charge in [-0.15, -0.1) is 0 Å². The maximum atomic E-state index is 13.2. The van der Waals surface area contributed by atoms with Gasteiger partial charge in [-0.25, -0.2) is 4.79 Å². The van der Waals surface area contributed by atoms with Crippen LogP contribution in [0.4, 0.5) is 16.2 Å². The second-order valence-electron chi connectivity index (χ2n) is 16.8. The fraction of sp³-hybridized carbons (Fsp3) is 0.308. The molecule has 1 aliphatic heterocycles. The third-order valence-electron chi connectivity index (χ3n) is 12.0. The van der Waals surface area contributed by atoms with Crippen molar-refractivity contribution in [1.82, 2.24) is 20.5 Å². The second kappa shape index (κ2) is 22.3. The first-order valence-corrected chi connectivity index (χ1v) is 22.3. The van der Waals surface area contributed by atoms with Crippen LogP contribution in [0.3, 0.4) is 0 Å². The molecule has 344 valence electrons. The highest BCUT2D eigenvalue weighted by Gasteiger charge is 2.24. The van der Waals surface area contributed by atoms with E-state index in [0.29, 0.717) is 61.2 Å². The van der Waals surface area contributed by atoms with Crippen molar-refractivity contribution in [2.45, 2.75) is 63.8 Å². The molecule has 7 rings (SSSR count). The maximum Gasteiger partial charge on any atom is 0.411 e. The number of methoxy groups -OCH3 is 1. The number of pyridine rings is 1. The molecule has 2 atom stereocenters. The fourth-order valence-electron chi connectivity index (χ4n) is 8.33. The molecule has 0 radical (unpaired) electrons. The largest absolute Gasteiger partial charge is 0.506 e. The number of rotatable bonds is 18. The van der Waals surface area contributed by atoms with E-state index in [9.17, 15) is 29.4 Å². The first-order valence-electron chi connectivity index (χ1n) is 22.3. The van der Waals surface area contributed by atoms with E-state index in [1.54, 1.807) is 31.2 Å². The van der Waals surface area contributed by atoms with Crippen molar-refractivity contribution in [2.75, 3.05) is 50.6 Å². The summed E-state index contributed by atoms with van der Waals surface area (Å²) in [6.45, 7) is 4.62. The average Bonchev–Trinajstić information content (AvgIpc) is 3.33. The number of carbonyl (C=O) groups is 3. The van der Waals surface area contributed by atoms with Gasteiger partial charge in [0.2, 0.25) is 17.4 Å². The van der Waals surface area contributed by atoms with Crippen LogP contribution in [0.2, 0.25) is 0 Å². The van der Waals surface area contributed by atoms with Gasteiger partial charge in [0.25, 0.3) is 0 Å². The van der Waals surface area contributed by atoms with E-state index in [0.717, 1.165) is 46.6 Å². The monoisotopic (exact) mass is 894 g/mol. The number of fused-ring (bicyclic) bond motifs is 1. The van der Waals surface area contributed by atoms with Gasteiger partial charge >= 0.3 is 6.09 Å². The summed E-state index contributed by atoms with van der Waals surface area (Å²) < 4.78 is 11.4. The summed E-state index contributed by atoms with van der Waals surface area (Å²) in [5.41, 5.74) is 6.56. The van der Waals surface area contributed by atoms with E-state index in [-0.39, 0.29) is 53.8 Å². The number of aromatic nitrogens is 1.